The quantitative estimate of drug-likeness (QED) is 0.755. The molecule has 4 saturated heterocycles. The van der Waals surface area contributed by atoms with Gasteiger partial charge in [-0.1, -0.05) is 12.8 Å². The summed E-state index contributed by atoms with van der Waals surface area (Å²) in [6.07, 6.45) is 10.5. The van der Waals surface area contributed by atoms with Crippen LogP contribution in [0.4, 0.5) is 0 Å². The third-order valence-electron chi connectivity index (χ3n) is 8.39. The highest BCUT2D eigenvalue weighted by molar-refractivity contribution is 5.79. The van der Waals surface area contributed by atoms with Crippen molar-refractivity contribution in [2.24, 2.45) is 17.8 Å². The third kappa shape index (κ3) is 3.14. The number of amides is 1. The molecule has 5 heteroatoms. The van der Waals surface area contributed by atoms with Crippen LogP contribution in [0.1, 0.15) is 51.4 Å². The monoisotopic (exact) mass is 375 g/mol. The normalized spacial score (nSPS) is 40.4. The maximum Gasteiger partial charge on any atom is 0.225 e. The predicted molar refractivity (Wildman–Crippen MR) is 106 cm³/mol. The van der Waals surface area contributed by atoms with E-state index in [-0.39, 0.29) is 11.5 Å². The first-order valence-electron chi connectivity index (χ1n) is 11.4. The van der Waals surface area contributed by atoms with Crippen LogP contribution >= 0.6 is 0 Å². The first kappa shape index (κ1) is 18.4. The summed E-state index contributed by atoms with van der Waals surface area (Å²) in [5.41, 5.74) is -0.00838. The molecule has 0 N–H and O–H groups in total. The molecule has 4 aliphatic heterocycles. The van der Waals surface area contributed by atoms with Gasteiger partial charge in [0, 0.05) is 36.9 Å². The van der Waals surface area contributed by atoms with Crippen LogP contribution in [0.2, 0.25) is 0 Å². The molecule has 4 heterocycles. The predicted octanol–water partition coefficient (Wildman–Crippen LogP) is 2.21. The van der Waals surface area contributed by atoms with Crippen LogP contribution in [-0.4, -0.2) is 85.2 Å². The maximum atomic E-state index is 13.3. The molecule has 4 atom stereocenters. The van der Waals surface area contributed by atoms with E-state index in [0.29, 0.717) is 23.8 Å². The minimum atomic E-state index is -0.00838. The highest BCUT2D eigenvalue weighted by Crippen LogP contribution is 2.55. The molecule has 5 nitrogen and oxygen atoms in total. The Morgan fingerprint density at radius 2 is 1.85 bits per heavy atom. The second-order valence-electron chi connectivity index (χ2n) is 10.3. The number of piperidine rings is 1. The van der Waals surface area contributed by atoms with Gasteiger partial charge in [0.15, 0.2) is 0 Å². The second kappa shape index (κ2) is 7.00. The van der Waals surface area contributed by atoms with Crippen molar-refractivity contribution in [3.05, 3.63) is 0 Å². The lowest BCUT2D eigenvalue weighted by atomic mass is 9.73. The fourth-order valence-electron chi connectivity index (χ4n) is 7.06. The number of carbonyl (C=O) groups excluding carboxylic acids is 1. The molecule has 5 fully saturated rings. The van der Waals surface area contributed by atoms with Gasteiger partial charge in [-0.15, -0.1) is 0 Å². The lowest BCUT2D eigenvalue weighted by Crippen LogP contribution is -2.45. The van der Waals surface area contributed by atoms with Crippen LogP contribution in [0.3, 0.4) is 0 Å². The fraction of sp³-hybridized carbons (Fsp3) is 0.955. The van der Waals surface area contributed by atoms with Crippen LogP contribution < -0.4 is 0 Å². The molecule has 1 amide bonds. The van der Waals surface area contributed by atoms with Crippen molar-refractivity contribution in [2.45, 2.75) is 69.1 Å². The molecule has 0 aromatic heterocycles. The smallest absolute Gasteiger partial charge is 0.225 e. The van der Waals surface area contributed by atoms with E-state index in [9.17, 15) is 4.79 Å². The van der Waals surface area contributed by atoms with Gasteiger partial charge in [-0.3, -0.25) is 4.79 Å². The van der Waals surface area contributed by atoms with Crippen LogP contribution in [0, 0.1) is 17.8 Å². The number of ether oxygens (including phenoxy) is 1. The molecule has 0 radical (unpaired) electrons. The van der Waals surface area contributed by atoms with Gasteiger partial charge in [0.1, 0.15) is 0 Å². The van der Waals surface area contributed by atoms with E-state index in [1.54, 1.807) is 0 Å². The summed E-state index contributed by atoms with van der Waals surface area (Å²) < 4.78 is 6.52. The van der Waals surface area contributed by atoms with E-state index in [2.05, 4.69) is 28.8 Å². The molecule has 152 valence electrons. The van der Waals surface area contributed by atoms with Gasteiger partial charge in [0.2, 0.25) is 5.91 Å². The van der Waals surface area contributed by atoms with Gasteiger partial charge < -0.3 is 19.4 Å². The highest BCUT2D eigenvalue weighted by Gasteiger charge is 2.63. The Morgan fingerprint density at radius 3 is 2.56 bits per heavy atom. The molecule has 1 spiro atoms. The zero-order valence-corrected chi connectivity index (χ0v) is 17.2. The molecule has 1 saturated carbocycles. The van der Waals surface area contributed by atoms with Crippen molar-refractivity contribution in [1.82, 2.24) is 14.7 Å². The SMILES string of the molecule is CN(C)C[C@H]1[C@H]2CN(C(=O)C3CCN(C4CCCC4)CC3)C[C@]23CC[C@H]1O3. The first-order valence-corrected chi connectivity index (χ1v) is 11.4. The Bertz CT molecular complexity index is 568. The van der Waals surface area contributed by atoms with Crippen LogP contribution in [0.15, 0.2) is 0 Å². The summed E-state index contributed by atoms with van der Waals surface area (Å²) in [4.78, 5) is 20.5. The summed E-state index contributed by atoms with van der Waals surface area (Å²) in [7, 11) is 4.32. The minimum Gasteiger partial charge on any atom is -0.369 e. The Labute approximate surface area is 164 Å². The Balaban J connectivity index is 1.20. The number of likely N-dealkylation sites (tertiary alicyclic amines) is 2. The molecule has 5 rings (SSSR count). The van der Waals surface area contributed by atoms with Gasteiger partial charge in [0.25, 0.3) is 0 Å². The Morgan fingerprint density at radius 1 is 1.11 bits per heavy atom. The Kier molecular flexibility index (Phi) is 4.76. The van der Waals surface area contributed by atoms with E-state index in [1.165, 1.54) is 32.1 Å². The molecule has 2 bridgehead atoms. The molecule has 1 aliphatic carbocycles. The van der Waals surface area contributed by atoms with Gasteiger partial charge >= 0.3 is 0 Å². The van der Waals surface area contributed by atoms with Crippen molar-refractivity contribution in [3.8, 4) is 0 Å². The average Bonchev–Trinajstić information content (AvgIpc) is 3.43. The van der Waals surface area contributed by atoms with Crippen molar-refractivity contribution in [2.75, 3.05) is 46.8 Å². The number of hydrogen-bond donors (Lipinski definition) is 0. The molecule has 0 unspecified atom stereocenters. The zero-order valence-electron chi connectivity index (χ0n) is 17.2. The number of fused-ring (bicyclic) bond motifs is 1. The van der Waals surface area contributed by atoms with E-state index < -0.39 is 0 Å². The van der Waals surface area contributed by atoms with E-state index in [1.807, 2.05) is 0 Å². The molecule has 0 aromatic rings. The third-order valence-corrected chi connectivity index (χ3v) is 8.39. The number of rotatable bonds is 4. The van der Waals surface area contributed by atoms with Crippen molar-refractivity contribution in [1.29, 1.82) is 0 Å². The van der Waals surface area contributed by atoms with E-state index in [0.717, 1.165) is 58.0 Å². The molecule has 27 heavy (non-hydrogen) atoms. The van der Waals surface area contributed by atoms with Gasteiger partial charge in [0.05, 0.1) is 18.2 Å². The van der Waals surface area contributed by atoms with Crippen LogP contribution in [0.25, 0.3) is 0 Å². The summed E-state index contributed by atoms with van der Waals surface area (Å²) in [6.45, 7) is 5.16. The minimum absolute atomic E-state index is 0.00838. The lowest BCUT2D eigenvalue weighted by molar-refractivity contribution is -0.137. The number of hydrogen-bond acceptors (Lipinski definition) is 4. The lowest BCUT2D eigenvalue weighted by Gasteiger charge is -2.36. The van der Waals surface area contributed by atoms with Crippen molar-refractivity contribution >= 4 is 5.91 Å². The van der Waals surface area contributed by atoms with Crippen molar-refractivity contribution < 1.29 is 9.53 Å². The second-order valence-corrected chi connectivity index (χ2v) is 10.3. The molecule has 0 aromatic carbocycles. The topological polar surface area (TPSA) is 36.0 Å². The van der Waals surface area contributed by atoms with Gasteiger partial charge in [-0.05, 0) is 65.7 Å². The molecule has 5 aliphatic rings. The highest BCUT2D eigenvalue weighted by atomic mass is 16.5. The van der Waals surface area contributed by atoms with Crippen LogP contribution in [0.5, 0.6) is 0 Å². The summed E-state index contributed by atoms with van der Waals surface area (Å²) in [5, 5.41) is 0. The number of nitrogens with zero attached hydrogens (tertiary/aromatic N) is 3. The average molecular weight is 376 g/mol. The summed E-state index contributed by atoms with van der Waals surface area (Å²) >= 11 is 0. The van der Waals surface area contributed by atoms with Gasteiger partial charge in [-0.25, -0.2) is 0 Å². The standard InChI is InChI=1S/C22H37N3O2/c1-23(2)13-18-19-14-25(15-22(19)10-7-20(18)27-22)21(26)16-8-11-24(12-9-16)17-5-3-4-6-17/h16-20H,3-15H2,1-2H3/t18-,19+,20+,22+/m0/s1. The molecular weight excluding hydrogens is 338 g/mol. The van der Waals surface area contributed by atoms with Crippen molar-refractivity contribution in [3.63, 3.8) is 0 Å². The zero-order chi connectivity index (χ0) is 18.6. The maximum absolute atomic E-state index is 13.3. The van der Waals surface area contributed by atoms with E-state index >= 15 is 0 Å². The summed E-state index contributed by atoms with van der Waals surface area (Å²) in [5.74, 6) is 1.85. The number of carbonyl (C=O) groups is 1. The molecular formula is C22H37N3O2. The first-order chi connectivity index (χ1) is 13.1. The fourth-order valence-corrected chi connectivity index (χ4v) is 7.06. The van der Waals surface area contributed by atoms with Crippen LogP contribution in [-0.2, 0) is 9.53 Å². The summed E-state index contributed by atoms with van der Waals surface area (Å²) in [6, 6.07) is 0.807. The largest absolute Gasteiger partial charge is 0.369 e. The van der Waals surface area contributed by atoms with E-state index in [4.69, 9.17) is 4.74 Å². The van der Waals surface area contributed by atoms with Gasteiger partial charge in [-0.2, -0.15) is 0 Å². The Hall–Kier alpha value is -0.650.